The van der Waals surface area contributed by atoms with Crippen molar-refractivity contribution >= 4 is 23.1 Å². The summed E-state index contributed by atoms with van der Waals surface area (Å²) >= 11 is 1.51. The highest BCUT2D eigenvalue weighted by Gasteiger charge is 2.34. The predicted molar refractivity (Wildman–Crippen MR) is 94.2 cm³/mol. The Labute approximate surface area is 153 Å². The Morgan fingerprint density at radius 3 is 2.58 bits per heavy atom. The van der Waals surface area contributed by atoms with E-state index in [0.717, 1.165) is 10.9 Å². The van der Waals surface area contributed by atoms with Gasteiger partial charge in [0.25, 0.3) is 0 Å². The summed E-state index contributed by atoms with van der Waals surface area (Å²) in [6.07, 6.45) is -3.19. The number of halogens is 3. The molecule has 0 aliphatic carbocycles. The van der Waals surface area contributed by atoms with Crippen molar-refractivity contribution in [3.8, 4) is 0 Å². The Morgan fingerprint density at radius 2 is 1.92 bits per heavy atom. The molecule has 8 heteroatoms. The molecule has 140 valence electrons. The van der Waals surface area contributed by atoms with Crippen LogP contribution in [0.15, 0.2) is 41.8 Å². The number of carbonyl (C=O) groups is 1. The molecule has 2 amide bonds. The standard InChI is InChI=1S/C18H19F3N2O2S/c19-18(20,21)15-5-1-2-6-16(15)22-17(24)23(12-14-4-3-11-26-14)13-7-9-25-10-8-13/h1-6,11,13H,7-10,12H2,(H,22,24). The highest BCUT2D eigenvalue weighted by atomic mass is 32.1. The topological polar surface area (TPSA) is 41.6 Å². The number of amides is 2. The average Bonchev–Trinajstić information content (AvgIpc) is 3.13. The number of thiophene rings is 1. The van der Waals surface area contributed by atoms with E-state index in [9.17, 15) is 18.0 Å². The Bertz CT molecular complexity index is 728. The Hall–Kier alpha value is -2.06. The Balaban J connectivity index is 1.81. The van der Waals surface area contributed by atoms with Gasteiger partial charge in [-0.3, -0.25) is 0 Å². The van der Waals surface area contributed by atoms with Gasteiger partial charge >= 0.3 is 12.2 Å². The molecule has 0 atom stereocenters. The van der Waals surface area contributed by atoms with Crippen LogP contribution in [0, 0.1) is 0 Å². The third kappa shape index (κ3) is 4.56. The molecule has 0 unspecified atom stereocenters. The van der Waals surface area contributed by atoms with Crippen LogP contribution >= 0.6 is 11.3 Å². The lowest BCUT2D eigenvalue weighted by atomic mass is 10.1. The number of ether oxygens (including phenoxy) is 1. The summed E-state index contributed by atoms with van der Waals surface area (Å²) in [6, 6.07) is 8.23. The molecule has 1 aliphatic rings. The molecule has 1 saturated heterocycles. The van der Waals surface area contributed by atoms with Gasteiger partial charge in [-0.1, -0.05) is 18.2 Å². The van der Waals surface area contributed by atoms with E-state index in [-0.39, 0.29) is 11.7 Å². The first kappa shape index (κ1) is 18.7. The lowest BCUT2D eigenvalue weighted by Crippen LogP contribution is -2.45. The number of alkyl halides is 3. The zero-order valence-corrected chi connectivity index (χ0v) is 14.8. The second kappa shape index (κ2) is 8.09. The average molecular weight is 384 g/mol. The molecule has 4 nitrogen and oxygen atoms in total. The van der Waals surface area contributed by atoms with Crippen molar-refractivity contribution < 1.29 is 22.7 Å². The van der Waals surface area contributed by atoms with Crippen LogP contribution in [0.2, 0.25) is 0 Å². The molecule has 3 rings (SSSR count). The van der Waals surface area contributed by atoms with Gasteiger partial charge in [0.2, 0.25) is 0 Å². The van der Waals surface area contributed by atoms with E-state index in [1.165, 1.54) is 29.5 Å². The second-order valence-electron chi connectivity index (χ2n) is 6.02. The van der Waals surface area contributed by atoms with E-state index >= 15 is 0 Å². The van der Waals surface area contributed by atoms with Gasteiger partial charge in [0.05, 0.1) is 17.8 Å². The summed E-state index contributed by atoms with van der Waals surface area (Å²) in [4.78, 5) is 15.4. The van der Waals surface area contributed by atoms with Crippen LogP contribution < -0.4 is 5.32 Å². The van der Waals surface area contributed by atoms with Crippen LogP contribution in [0.25, 0.3) is 0 Å². The number of rotatable bonds is 4. The normalized spacial score (nSPS) is 15.7. The van der Waals surface area contributed by atoms with E-state index in [1.54, 1.807) is 4.90 Å². The van der Waals surface area contributed by atoms with Crippen LogP contribution in [-0.2, 0) is 17.5 Å². The van der Waals surface area contributed by atoms with Crippen LogP contribution in [0.3, 0.4) is 0 Å². The molecule has 2 aromatic rings. The molecule has 1 aliphatic heterocycles. The van der Waals surface area contributed by atoms with Gasteiger partial charge in [-0.05, 0) is 36.4 Å². The van der Waals surface area contributed by atoms with Crippen LogP contribution in [-0.4, -0.2) is 30.2 Å². The number of hydrogen-bond donors (Lipinski definition) is 1. The van der Waals surface area contributed by atoms with Gasteiger partial charge in [-0.25, -0.2) is 4.79 Å². The molecular formula is C18H19F3N2O2S. The minimum absolute atomic E-state index is 0.0658. The lowest BCUT2D eigenvalue weighted by Gasteiger charge is -2.34. The largest absolute Gasteiger partial charge is 0.418 e. The summed E-state index contributed by atoms with van der Waals surface area (Å²) in [5.74, 6) is 0. The molecule has 0 spiro atoms. The van der Waals surface area contributed by atoms with Gasteiger partial charge in [-0.2, -0.15) is 13.2 Å². The van der Waals surface area contributed by atoms with Gasteiger partial charge in [-0.15, -0.1) is 11.3 Å². The number of nitrogens with one attached hydrogen (secondary N) is 1. The molecule has 1 aromatic carbocycles. The first-order chi connectivity index (χ1) is 12.4. The summed E-state index contributed by atoms with van der Waals surface area (Å²) < 4.78 is 44.9. The van der Waals surface area contributed by atoms with Crippen molar-refractivity contribution in [2.75, 3.05) is 18.5 Å². The smallest absolute Gasteiger partial charge is 0.381 e. The SMILES string of the molecule is O=C(Nc1ccccc1C(F)(F)F)N(Cc1cccs1)C1CCOCC1. The van der Waals surface area contributed by atoms with E-state index in [0.29, 0.717) is 32.6 Å². The maximum atomic E-state index is 13.2. The minimum atomic E-state index is -4.53. The fourth-order valence-electron chi connectivity index (χ4n) is 2.96. The van der Waals surface area contributed by atoms with E-state index < -0.39 is 17.8 Å². The number of anilines is 1. The molecular weight excluding hydrogens is 365 g/mol. The molecule has 0 bridgehead atoms. The maximum absolute atomic E-state index is 13.2. The zero-order chi connectivity index (χ0) is 18.6. The van der Waals surface area contributed by atoms with Crippen molar-refractivity contribution in [2.45, 2.75) is 31.6 Å². The predicted octanol–water partition coefficient (Wildman–Crippen LogP) is 4.98. The number of urea groups is 1. The fraction of sp³-hybridized carbons (Fsp3) is 0.389. The molecule has 2 heterocycles. The van der Waals surface area contributed by atoms with Gasteiger partial charge in [0, 0.05) is 24.1 Å². The minimum Gasteiger partial charge on any atom is -0.381 e. The molecule has 0 radical (unpaired) electrons. The maximum Gasteiger partial charge on any atom is 0.418 e. The summed E-state index contributed by atoms with van der Waals surface area (Å²) in [5, 5.41) is 4.37. The number of carbonyl (C=O) groups excluding carboxylic acids is 1. The third-order valence-electron chi connectivity index (χ3n) is 4.27. The Morgan fingerprint density at radius 1 is 1.19 bits per heavy atom. The fourth-order valence-corrected chi connectivity index (χ4v) is 3.66. The van der Waals surface area contributed by atoms with E-state index in [2.05, 4.69) is 5.32 Å². The van der Waals surface area contributed by atoms with Crippen molar-refractivity contribution in [2.24, 2.45) is 0 Å². The summed E-state index contributed by atoms with van der Waals surface area (Å²) in [6.45, 7) is 1.44. The Kier molecular flexibility index (Phi) is 5.83. The van der Waals surface area contributed by atoms with Crippen LogP contribution in [0.5, 0.6) is 0 Å². The number of para-hydroxylation sites is 1. The number of hydrogen-bond acceptors (Lipinski definition) is 3. The van der Waals surface area contributed by atoms with Gasteiger partial charge in [0.15, 0.2) is 0 Å². The van der Waals surface area contributed by atoms with E-state index in [1.807, 2.05) is 17.5 Å². The van der Waals surface area contributed by atoms with Crippen LogP contribution in [0.4, 0.5) is 23.7 Å². The molecule has 0 saturated carbocycles. The third-order valence-corrected chi connectivity index (χ3v) is 5.13. The molecule has 1 fully saturated rings. The highest BCUT2D eigenvalue weighted by molar-refractivity contribution is 7.09. The van der Waals surface area contributed by atoms with Crippen molar-refractivity contribution in [3.63, 3.8) is 0 Å². The zero-order valence-electron chi connectivity index (χ0n) is 14.0. The molecule has 26 heavy (non-hydrogen) atoms. The van der Waals surface area contributed by atoms with Crippen molar-refractivity contribution in [3.05, 3.63) is 52.2 Å². The molecule has 1 N–H and O–H groups in total. The van der Waals surface area contributed by atoms with Crippen molar-refractivity contribution in [1.82, 2.24) is 4.90 Å². The van der Waals surface area contributed by atoms with Gasteiger partial charge in [0.1, 0.15) is 0 Å². The number of nitrogens with zero attached hydrogens (tertiary/aromatic N) is 1. The highest BCUT2D eigenvalue weighted by Crippen LogP contribution is 2.35. The first-order valence-corrected chi connectivity index (χ1v) is 9.17. The number of benzene rings is 1. The molecule has 1 aromatic heterocycles. The monoisotopic (exact) mass is 384 g/mol. The summed E-state index contributed by atoms with van der Waals surface area (Å²) in [7, 11) is 0. The summed E-state index contributed by atoms with van der Waals surface area (Å²) in [5.41, 5.74) is -1.08. The lowest BCUT2D eigenvalue weighted by molar-refractivity contribution is -0.136. The second-order valence-corrected chi connectivity index (χ2v) is 7.06. The first-order valence-electron chi connectivity index (χ1n) is 8.29. The van der Waals surface area contributed by atoms with Gasteiger partial charge < -0.3 is 15.0 Å². The van der Waals surface area contributed by atoms with Crippen molar-refractivity contribution in [1.29, 1.82) is 0 Å². The van der Waals surface area contributed by atoms with Crippen LogP contribution in [0.1, 0.15) is 23.3 Å². The van der Waals surface area contributed by atoms with E-state index in [4.69, 9.17) is 4.74 Å². The quantitative estimate of drug-likeness (QED) is 0.808.